The van der Waals surface area contributed by atoms with Crippen molar-refractivity contribution in [3.05, 3.63) is 35.4 Å². The summed E-state index contributed by atoms with van der Waals surface area (Å²) in [5.74, 6) is 0.723. The van der Waals surface area contributed by atoms with Crippen LogP contribution in [0, 0.1) is 6.92 Å². The second-order valence-corrected chi connectivity index (χ2v) is 6.44. The first-order valence-corrected chi connectivity index (χ1v) is 9.04. The van der Waals surface area contributed by atoms with E-state index in [0.717, 1.165) is 19.4 Å². The Bertz CT molecular complexity index is 550. The third-order valence-electron chi connectivity index (χ3n) is 4.23. The SMILES string of the molecule is CCNC(=NCc1cccc(C)c1)NCC(=O)NC1CCCCC1. The fraction of sp³-hybridized carbons (Fsp3) is 0.579. The molecule has 0 unspecified atom stereocenters. The first-order chi connectivity index (χ1) is 11.7. The summed E-state index contributed by atoms with van der Waals surface area (Å²) in [6.45, 7) is 5.72. The number of carbonyl (C=O) groups excluding carboxylic acids is 1. The minimum Gasteiger partial charge on any atom is -0.357 e. The van der Waals surface area contributed by atoms with Gasteiger partial charge in [0, 0.05) is 12.6 Å². The van der Waals surface area contributed by atoms with Crippen LogP contribution in [-0.4, -0.2) is 31.0 Å². The van der Waals surface area contributed by atoms with E-state index in [4.69, 9.17) is 0 Å². The number of carbonyl (C=O) groups is 1. The van der Waals surface area contributed by atoms with Gasteiger partial charge in [0.2, 0.25) is 5.91 Å². The molecule has 1 aromatic carbocycles. The zero-order chi connectivity index (χ0) is 17.2. The van der Waals surface area contributed by atoms with E-state index in [0.29, 0.717) is 18.5 Å². The number of hydrogen-bond donors (Lipinski definition) is 3. The van der Waals surface area contributed by atoms with E-state index in [2.05, 4.69) is 46.1 Å². The van der Waals surface area contributed by atoms with Crippen molar-refractivity contribution in [2.24, 2.45) is 4.99 Å². The highest BCUT2D eigenvalue weighted by Crippen LogP contribution is 2.17. The summed E-state index contributed by atoms with van der Waals surface area (Å²) >= 11 is 0. The monoisotopic (exact) mass is 330 g/mol. The molecule has 0 saturated heterocycles. The molecule has 24 heavy (non-hydrogen) atoms. The summed E-state index contributed by atoms with van der Waals surface area (Å²) in [5.41, 5.74) is 2.39. The van der Waals surface area contributed by atoms with Crippen LogP contribution in [0.5, 0.6) is 0 Å². The summed E-state index contributed by atoms with van der Waals surface area (Å²) in [4.78, 5) is 16.6. The van der Waals surface area contributed by atoms with Crippen LogP contribution in [0.15, 0.2) is 29.3 Å². The molecule has 2 rings (SSSR count). The number of rotatable bonds is 6. The van der Waals surface area contributed by atoms with E-state index < -0.39 is 0 Å². The number of nitrogens with one attached hydrogen (secondary N) is 3. The molecule has 0 atom stereocenters. The van der Waals surface area contributed by atoms with Crippen molar-refractivity contribution in [3.63, 3.8) is 0 Å². The van der Waals surface area contributed by atoms with Crippen LogP contribution in [0.2, 0.25) is 0 Å². The fourth-order valence-electron chi connectivity index (χ4n) is 3.01. The van der Waals surface area contributed by atoms with Crippen molar-refractivity contribution in [2.45, 2.75) is 58.5 Å². The number of nitrogens with zero attached hydrogens (tertiary/aromatic N) is 1. The molecule has 1 aromatic rings. The van der Waals surface area contributed by atoms with Gasteiger partial charge in [-0.2, -0.15) is 0 Å². The van der Waals surface area contributed by atoms with Crippen LogP contribution in [-0.2, 0) is 11.3 Å². The van der Waals surface area contributed by atoms with E-state index >= 15 is 0 Å². The maximum atomic E-state index is 12.1. The topological polar surface area (TPSA) is 65.5 Å². The van der Waals surface area contributed by atoms with Crippen molar-refractivity contribution in [1.29, 1.82) is 0 Å². The highest BCUT2D eigenvalue weighted by Gasteiger charge is 2.15. The molecule has 1 fully saturated rings. The first kappa shape index (κ1) is 18.3. The van der Waals surface area contributed by atoms with Crippen molar-refractivity contribution >= 4 is 11.9 Å². The zero-order valence-corrected chi connectivity index (χ0v) is 14.9. The van der Waals surface area contributed by atoms with Gasteiger partial charge in [-0.05, 0) is 32.3 Å². The highest BCUT2D eigenvalue weighted by molar-refractivity contribution is 5.86. The third-order valence-corrected chi connectivity index (χ3v) is 4.23. The van der Waals surface area contributed by atoms with Gasteiger partial charge in [-0.25, -0.2) is 4.99 Å². The lowest BCUT2D eigenvalue weighted by Gasteiger charge is -2.23. The van der Waals surface area contributed by atoms with Crippen molar-refractivity contribution in [1.82, 2.24) is 16.0 Å². The number of guanidine groups is 1. The minimum absolute atomic E-state index is 0.0445. The standard InChI is InChI=1S/C19H30N4O/c1-3-20-19(21-13-16-9-7-8-15(2)12-16)22-14-18(24)23-17-10-5-4-6-11-17/h7-9,12,17H,3-6,10-11,13-14H2,1-2H3,(H,23,24)(H2,20,21,22). The summed E-state index contributed by atoms with van der Waals surface area (Å²) in [7, 11) is 0. The van der Waals surface area contributed by atoms with Gasteiger partial charge in [-0.3, -0.25) is 4.79 Å². The Kier molecular flexibility index (Phi) is 7.59. The number of benzene rings is 1. The molecule has 1 aliphatic rings. The zero-order valence-electron chi connectivity index (χ0n) is 14.9. The van der Waals surface area contributed by atoms with E-state index in [1.165, 1.54) is 30.4 Å². The number of aryl methyl sites for hydroxylation is 1. The second-order valence-electron chi connectivity index (χ2n) is 6.44. The molecule has 5 heteroatoms. The minimum atomic E-state index is 0.0445. The summed E-state index contributed by atoms with van der Waals surface area (Å²) in [6.07, 6.45) is 5.94. The molecule has 0 aromatic heterocycles. The molecule has 0 aliphatic heterocycles. The Morgan fingerprint density at radius 3 is 2.71 bits per heavy atom. The highest BCUT2D eigenvalue weighted by atomic mass is 16.2. The molecule has 0 radical (unpaired) electrons. The molecule has 3 N–H and O–H groups in total. The number of hydrogen-bond acceptors (Lipinski definition) is 2. The van der Waals surface area contributed by atoms with Gasteiger partial charge >= 0.3 is 0 Å². The van der Waals surface area contributed by atoms with Crippen LogP contribution >= 0.6 is 0 Å². The van der Waals surface area contributed by atoms with Gasteiger partial charge in [0.1, 0.15) is 0 Å². The van der Waals surface area contributed by atoms with Crippen LogP contribution < -0.4 is 16.0 Å². The molecule has 0 spiro atoms. The van der Waals surface area contributed by atoms with Crippen molar-refractivity contribution < 1.29 is 4.79 Å². The van der Waals surface area contributed by atoms with E-state index in [1.807, 2.05) is 13.0 Å². The van der Waals surface area contributed by atoms with E-state index in [-0.39, 0.29) is 12.5 Å². The predicted octanol–water partition coefficient (Wildman–Crippen LogP) is 2.50. The quantitative estimate of drug-likeness (QED) is 0.555. The van der Waals surface area contributed by atoms with Crippen LogP contribution in [0.1, 0.15) is 50.2 Å². The summed E-state index contributed by atoms with van der Waals surface area (Å²) < 4.78 is 0. The van der Waals surface area contributed by atoms with Gasteiger partial charge in [0.15, 0.2) is 5.96 Å². The van der Waals surface area contributed by atoms with Crippen molar-refractivity contribution in [3.8, 4) is 0 Å². The molecule has 1 amide bonds. The molecular weight excluding hydrogens is 300 g/mol. The van der Waals surface area contributed by atoms with E-state index in [1.54, 1.807) is 0 Å². The summed E-state index contributed by atoms with van der Waals surface area (Å²) in [5, 5.41) is 9.42. The Morgan fingerprint density at radius 1 is 1.21 bits per heavy atom. The number of aliphatic imine (C=N–C) groups is 1. The second kappa shape index (κ2) is 9.96. The van der Waals surface area contributed by atoms with E-state index in [9.17, 15) is 4.79 Å². The van der Waals surface area contributed by atoms with Crippen LogP contribution in [0.25, 0.3) is 0 Å². The fourth-order valence-corrected chi connectivity index (χ4v) is 3.01. The Hall–Kier alpha value is -2.04. The van der Waals surface area contributed by atoms with Gasteiger partial charge in [0.05, 0.1) is 13.1 Å². The van der Waals surface area contributed by atoms with Crippen molar-refractivity contribution in [2.75, 3.05) is 13.1 Å². The third kappa shape index (κ3) is 6.60. The first-order valence-electron chi connectivity index (χ1n) is 9.04. The molecule has 0 bridgehead atoms. The van der Waals surface area contributed by atoms with Crippen LogP contribution in [0.3, 0.4) is 0 Å². The molecule has 0 heterocycles. The molecule has 1 saturated carbocycles. The molecule has 1 aliphatic carbocycles. The largest absolute Gasteiger partial charge is 0.357 e. The maximum Gasteiger partial charge on any atom is 0.239 e. The molecule has 5 nitrogen and oxygen atoms in total. The molecular formula is C19H30N4O. The smallest absolute Gasteiger partial charge is 0.239 e. The normalized spacial score (nSPS) is 15.8. The lowest BCUT2D eigenvalue weighted by atomic mass is 9.95. The Balaban J connectivity index is 1.81. The Morgan fingerprint density at radius 2 is 2.00 bits per heavy atom. The average molecular weight is 330 g/mol. The number of amides is 1. The maximum absolute atomic E-state index is 12.1. The molecule has 132 valence electrons. The van der Waals surface area contributed by atoms with Gasteiger partial charge in [-0.1, -0.05) is 49.1 Å². The predicted molar refractivity (Wildman–Crippen MR) is 99.0 cm³/mol. The van der Waals surface area contributed by atoms with Gasteiger partial charge < -0.3 is 16.0 Å². The van der Waals surface area contributed by atoms with Gasteiger partial charge in [-0.15, -0.1) is 0 Å². The lowest BCUT2D eigenvalue weighted by molar-refractivity contribution is -0.120. The summed E-state index contributed by atoms with van der Waals surface area (Å²) in [6, 6.07) is 8.66. The van der Waals surface area contributed by atoms with Gasteiger partial charge in [0.25, 0.3) is 0 Å². The average Bonchev–Trinajstić information content (AvgIpc) is 2.58. The van der Waals surface area contributed by atoms with Crippen LogP contribution in [0.4, 0.5) is 0 Å². The lowest BCUT2D eigenvalue weighted by Crippen LogP contribution is -2.46. The Labute approximate surface area is 145 Å².